The molecule has 0 fully saturated rings. The predicted molar refractivity (Wildman–Crippen MR) is 236 cm³/mol. The molecule has 60 heavy (non-hydrogen) atoms. The number of rotatable bonds is 39. The van der Waals surface area contributed by atoms with Crippen molar-refractivity contribution < 1.29 is 66.7 Å². The van der Waals surface area contributed by atoms with E-state index in [1.54, 1.807) is 6.08 Å². The Bertz CT molecular complexity index is 1400. The summed E-state index contributed by atoms with van der Waals surface area (Å²) in [5.41, 5.74) is 0. The first-order valence-electron chi connectivity index (χ1n) is 21.4. The normalized spacial score (nSPS) is 15.4. The standard InChI is InChI=1S/C44H74O14P2/c1-3-5-7-9-11-12-13-14-15-20-23-27-31-35-44(48)58-42(39-57-60(52,53)56-37-41(46)36-55-59(49,50)51)38-54-43(47)34-30-26-22-19-17-16-18-21-25-29-33-40(45)32-28-24-10-8-6-4-2/h6,8,12-13,16-17,21-22,24-26,28-29,33,40-42,45-46H,3-5,7,9-11,14-15,18-20,23,27,30-32,34-39H2,1-2H3,(H,52,53)(H2,49,50,51)/b8-6-,13-12-,17-16-,25-21-,26-22-,28-24-,33-29+/t40?,41-,42+/m0/s1. The number of aliphatic hydroxyl groups is 2. The quantitative estimate of drug-likeness (QED) is 0.0128. The first-order valence-corrected chi connectivity index (χ1v) is 24.4. The summed E-state index contributed by atoms with van der Waals surface area (Å²) in [6.45, 7) is 1.43. The Balaban J connectivity index is 4.71. The van der Waals surface area contributed by atoms with Crippen molar-refractivity contribution in [1.82, 2.24) is 0 Å². The summed E-state index contributed by atoms with van der Waals surface area (Å²) in [7, 11) is -9.72. The molecule has 0 aromatic rings. The van der Waals surface area contributed by atoms with Crippen LogP contribution in [0.1, 0.15) is 136 Å². The van der Waals surface area contributed by atoms with Gasteiger partial charge in [0.2, 0.25) is 0 Å². The number of esters is 2. The first-order chi connectivity index (χ1) is 28.8. The molecule has 0 bridgehead atoms. The van der Waals surface area contributed by atoms with Crippen LogP contribution in [-0.2, 0) is 41.8 Å². The second-order valence-electron chi connectivity index (χ2n) is 14.1. The van der Waals surface area contributed by atoms with Crippen LogP contribution in [0.3, 0.4) is 0 Å². The summed E-state index contributed by atoms with van der Waals surface area (Å²) in [6.07, 6.45) is 40.5. The number of aliphatic hydroxyl groups excluding tert-OH is 2. The number of hydrogen-bond donors (Lipinski definition) is 5. The average Bonchev–Trinajstić information content (AvgIpc) is 3.20. The Labute approximate surface area is 359 Å². The molecule has 5 N–H and O–H groups in total. The van der Waals surface area contributed by atoms with Gasteiger partial charge in [0.15, 0.2) is 6.10 Å². The van der Waals surface area contributed by atoms with Gasteiger partial charge < -0.3 is 34.4 Å². The molecule has 2 unspecified atom stereocenters. The van der Waals surface area contributed by atoms with Crippen molar-refractivity contribution in [1.29, 1.82) is 0 Å². The molecular weight excluding hydrogens is 814 g/mol. The lowest BCUT2D eigenvalue weighted by Gasteiger charge is -2.20. The fourth-order valence-corrected chi connectivity index (χ4v) is 6.25. The molecule has 4 atom stereocenters. The number of unbranched alkanes of at least 4 members (excludes halogenated alkanes) is 9. The van der Waals surface area contributed by atoms with Gasteiger partial charge >= 0.3 is 27.6 Å². The van der Waals surface area contributed by atoms with E-state index in [2.05, 4.69) is 47.2 Å². The maximum atomic E-state index is 12.6. The zero-order chi connectivity index (χ0) is 44.6. The van der Waals surface area contributed by atoms with Crippen LogP contribution in [0.15, 0.2) is 85.1 Å². The number of hydrogen-bond acceptors (Lipinski definition) is 11. The maximum Gasteiger partial charge on any atom is 0.472 e. The largest absolute Gasteiger partial charge is 0.472 e. The van der Waals surface area contributed by atoms with Crippen molar-refractivity contribution in [2.75, 3.05) is 26.4 Å². The van der Waals surface area contributed by atoms with Crippen LogP contribution in [0.25, 0.3) is 0 Å². The van der Waals surface area contributed by atoms with Crippen molar-refractivity contribution in [2.24, 2.45) is 0 Å². The summed E-state index contributed by atoms with van der Waals surface area (Å²) in [5.74, 6) is -1.18. The zero-order valence-corrected chi connectivity index (χ0v) is 37.7. The maximum absolute atomic E-state index is 12.6. The lowest BCUT2D eigenvalue weighted by atomic mass is 10.1. The molecule has 0 aliphatic heterocycles. The average molecular weight is 889 g/mol. The minimum absolute atomic E-state index is 0.0410. The molecule has 0 aliphatic carbocycles. The van der Waals surface area contributed by atoms with E-state index in [1.165, 1.54) is 25.7 Å². The molecule has 14 nitrogen and oxygen atoms in total. The summed E-state index contributed by atoms with van der Waals surface area (Å²) in [6, 6.07) is 0. The number of carbonyl (C=O) groups excluding carboxylic acids is 2. The number of carbonyl (C=O) groups is 2. The molecule has 0 heterocycles. The van der Waals surface area contributed by atoms with Crippen molar-refractivity contribution >= 4 is 27.6 Å². The monoisotopic (exact) mass is 888 g/mol. The molecule has 0 saturated heterocycles. The van der Waals surface area contributed by atoms with Gasteiger partial charge in [-0.25, -0.2) is 9.13 Å². The number of phosphoric acid groups is 2. The van der Waals surface area contributed by atoms with E-state index in [1.807, 2.05) is 54.7 Å². The van der Waals surface area contributed by atoms with Crippen LogP contribution in [0.5, 0.6) is 0 Å². The van der Waals surface area contributed by atoms with Crippen LogP contribution in [0.4, 0.5) is 0 Å². The van der Waals surface area contributed by atoms with Crippen molar-refractivity contribution in [2.45, 2.75) is 154 Å². The first kappa shape index (κ1) is 57.3. The summed E-state index contributed by atoms with van der Waals surface area (Å²) < 4.78 is 47.6. The van der Waals surface area contributed by atoms with Gasteiger partial charge in [-0.05, 0) is 70.6 Å². The fraction of sp³-hybridized carbons (Fsp3) is 0.636. The SMILES string of the molecule is CC/C=C\C/C=C\CC(O)/C=C/C=C\C/C=C\C/C=C\CCC(=O)OC[C@H](COP(=O)(O)OC[C@@H](O)COP(=O)(O)O)OC(=O)CCCCCCC/C=C\CCCCCC. The van der Waals surface area contributed by atoms with Crippen LogP contribution >= 0.6 is 15.6 Å². The third kappa shape index (κ3) is 42.0. The van der Waals surface area contributed by atoms with Gasteiger partial charge in [0, 0.05) is 12.8 Å². The number of phosphoric ester groups is 2. The molecule has 0 aromatic carbocycles. The van der Waals surface area contributed by atoms with E-state index in [4.69, 9.17) is 23.8 Å². The van der Waals surface area contributed by atoms with Gasteiger partial charge in [0.1, 0.15) is 12.7 Å². The Morgan fingerprint density at radius 3 is 1.82 bits per heavy atom. The topological polar surface area (TPSA) is 216 Å². The Kier molecular flexibility index (Phi) is 37.3. The smallest absolute Gasteiger partial charge is 0.462 e. The molecular formula is C44H74O14P2. The summed E-state index contributed by atoms with van der Waals surface area (Å²) in [5, 5.41) is 19.7. The van der Waals surface area contributed by atoms with Gasteiger partial charge in [-0.1, -0.05) is 137 Å². The zero-order valence-electron chi connectivity index (χ0n) is 35.9. The molecule has 0 radical (unpaired) electrons. The van der Waals surface area contributed by atoms with Gasteiger partial charge in [-0.15, -0.1) is 0 Å². The fourth-order valence-electron chi connectivity index (χ4n) is 5.10. The van der Waals surface area contributed by atoms with E-state index in [0.29, 0.717) is 25.7 Å². The highest BCUT2D eigenvalue weighted by molar-refractivity contribution is 7.47. The molecule has 16 heteroatoms. The highest BCUT2D eigenvalue weighted by atomic mass is 31.2. The lowest BCUT2D eigenvalue weighted by Crippen LogP contribution is -2.29. The molecule has 0 rings (SSSR count). The second-order valence-corrected chi connectivity index (χ2v) is 16.8. The Morgan fingerprint density at radius 2 is 1.13 bits per heavy atom. The van der Waals surface area contributed by atoms with E-state index in [0.717, 1.165) is 57.8 Å². The minimum Gasteiger partial charge on any atom is -0.462 e. The number of ether oxygens (including phenoxy) is 2. The van der Waals surface area contributed by atoms with E-state index >= 15 is 0 Å². The third-order valence-electron chi connectivity index (χ3n) is 8.35. The van der Waals surface area contributed by atoms with Gasteiger partial charge in [-0.3, -0.25) is 23.2 Å². The summed E-state index contributed by atoms with van der Waals surface area (Å²) >= 11 is 0. The van der Waals surface area contributed by atoms with Gasteiger partial charge in [-0.2, -0.15) is 0 Å². The Hall–Kier alpha value is -2.74. The van der Waals surface area contributed by atoms with Gasteiger partial charge in [0.05, 0.1) is 25.9 Å². The van der Waals surface area contributed by atoms with Crippen LogP contribution in [-0.4, -0.2) is 81.6 Å². The second kappa shape index (κ2) is 39.1. The molecule has 344 valence electrons. The van der Waals surface area contributed by atoms with Crippen LogP contribution < -0.4 is 0 Å². The van der Waals surface area contributed by atoms with Crippen LogP contribution in [0, 0.1) is 0 Å². The molecule has 0 aromatic heterocycles. The third-order valence-corrected chi connectivity index (χ3v) is 9.79. The Morgan fingerprint density at radius 1 is 0.567 bits per heavy atom. The summed E-state index contributed by atoms with van der Waals surface area (Å²) in [4.78, 5) is 52.6. The van der Waals surface area contributed by atoms with Gasteiger partial charge in [0.25, 0.3) is 0 Å². The lowest BCUT2D eigenvalue weighted by molar-refractivity contribution is -0.161. The minimum atomic E-state index is -4.88. The number of allylic oxidation sites excluding steroid dienone is 12. The molecule has 0 aliphatic rings. The molecule has 0 amide bonds. The van der Waals surface area contributed by atoms with Crippen molar-refractivity contribution in [3.8, 4) is 0 Å². The van der Waals surface area contributed by atoms with Crippen LogP contribution in [0.2, 0.25) is 0 Å². The molecule has 0 spiro atoms. The van der Waals surface area contributed by atoms with Crippen molar-refractivity contribution in [3.05, 3.63) is 85.1 Å². The molecule has 0 saturated carbocycles. The van der Waals surface area contributed by atoms with E-state index in [-0.39, 0.29) is 12.8 Å². The highest BCUT2D eigenvalue weighted by Crippen LogP contribution is 2.43. The highest BCUT2D eigenvalue weighted by Gasteiger charge is 2.28. The predicted octanol–water partition coefficient (Wildman–Crippen LogP) is 9.75. The van der Waals surface area contributed by atoms with Crippen molar-refractivity contribution in [3.63, 3.8) is 0 Å². The van der Waals surface area contributed by atoms with E-state index in [9.17, 15) is 33.8 Å². The van der Waals surface area contributed by atoms with E-state index < -0.39 is 72.3 Å².